The zero-order chi connectivity index (χ0) is 15.6. The molecular formula is C15H21Cl2N3O2. The molecule has 2 amide bonds. The number of anilines is 1. The monoisotopic (exact) mass is 345 g/mol. The van der Waals surface area contributed by atoms with Gasteiger partial charge in [-0.05, 0) is 18.6 Å². The fourth-order valence-electron chi connectivity index (χ4n) is 2.54. The molecule has 22 heavy (non-hydrogen) atoms. The number of halogens is 2. The van der Waals surface area contributed by atoms with Crippen molar-refractivity contribution in [1.82, 2.24) is 4.90 Å². The lowest BCUT2D eigenvalue weighted by Crippen LogP contribution is -2.46. The van der Waals surface area contributed by atoms with Gasteiger partial charge < -0.3 is 15.5 Å². The number of hydrogen-bond donors (Lipinski definition) is 1. The normalized spacial score (nSPS) is 18.8. The number of rotatable bonds is 4. The summed E-state index contributed by atoms with van der Waals surface area (Å²) in [6.07, 6.45) is 0.601. The van der Waals surface area contributed by atoms with E-state index in [4.69, 9.17) is 17.3 Å². The highest BCUT2D eigenvalue weighted by molar-refractivity contribution is 6.34. The molecular weight excluding hydrogens is 325 g/mol. The van der Waals surface area contributed by atoms with Crippen molar-refractivity contribution in [2.45, 2.75) is 19.4 Å². The summed E-state index contributed by atoms with van der Waals surface area (Å²) >= 11 is 6.14. The van der Waals surface area contributed by atoms with Crippen molar-refractivity contribution < 1.29 is 9.59 Å². The Morgan fingerprint density at radius 1 is 1.50 bits per heavy atom. The second-order valence-electron chi connectivity index (χ2n) is 5.33. The van der Waals surface area contributed by atoms with Crippen LogP contribution in [0.25, 0.3) is 0 Å². The third-order valence-corrected chi connectivity index (χ3v) is 4.23. The van der Waals surface area contributed by atoms with Crippen LogP contribution in [0, 0.1) is 5.92 Å². The zero-order valence-corrected chi connectivity index (χ0v) is 14.2. The smallest absolute Gasteiger partial charge is 0.249 e. The van der Waals surface area contributed by atoms with Crippen LogP contribution < -0.4 is 10.6 Å². The summed E-state index contributed by atoms with van der Waals surface area (Å²) in [5.74, 6) is -0.475. The molecule has 0 aromatic heterocycles. The number of hydrogen-bond acceptors (Lipinski definition) is 3. The number of nitrogens with zero attached hydrogens (tertiary/aromatic N) is 2. The molecule has 1 heterocycles. The highest BCUT2D eigenvalue weighted by Gasteiger charge is 2.38. The molecule has 2 atom stereocenters. The van der Waals surface area contributed by atoms with Crippen molar-refractivity contribution in [3.05, 3.63) is 29.3 Å². The summed E-state index contributed by atoms with van der Waals surface area (Å²) in [4.78, 5) is 27.9. The third-order valence-electron chi connectivity index (χ3n) is 3.91. The van der Waals surface area contributed by atoms with Gasteiger partial charge in [0, 0.05) is 26.1 Å². The summed E-state index contributed by atoms with van der Waals surface area (Å²) < 4.78 is 0. The largest absolute Gasteiger partial charge is 0.333 e. The minimum absolute atomic E-state index is 0. The first-order valence-corrected chi connectivity index (χ1v) is 7.37. The Morgan fingerprint density at radius 2 is 2.14 bits per heavy atom. The fraction of sp³-hybridized carbons (Fsp3) is 0.467. The van der Waals surface area contributed by atoms with Gasteiger partial charge in [0.05, 0.1) is 10.7 Å². The van der Waals surface area contributed by atoms with Gasteiger partial charge in [0.2, 0.25) is 11.8 Å². The quantitative estimate of drug-likeness (QED) is 0.906. The van der Waals surface area contributed by atoms with Crippen molar-refractivity contribution in [3.8, 4) is 0 Å². The van der Waals surface area contributed by atoms with Crippen molar-refractivity contribution in [2.24, 2.45) is 11.7 Å². The van der Waals surface area contributed by atoms with Crippen LogP contribution >= 0.6 is 24.0 Å². The van der Waals surface area contributed by atoms with Gasteiger partial charge in [-0.15, -0.1) is 12.4 Å². The third kappa shape index (κ3) is 3.54. The first-order valence-electron chi connectivity index (χ1n) is 7.00. The summed E-state index contributed by atoms with van der Waals surface area (Å²) in [6, 6.07) is 6.79. The van der Waals surface area contributed by atoms with Crippen molar-refractivity contribution in [3.63, 3.8) is 0 Å². The Kier molecular flexibility index (Phi) is 6.66. The van der Waals surface area contributed by atoms with E-state index in [1.807, 2.05) is 18.2 Å². The topological polar surface area (TPSA) is 66.6 Å². The Morgan fingerprint density at radius 3 is 2.73 bits per heavy atom. The van der Waals surface area contributed by atoms with E-state index in [1.54, 1.807) is 24.9 Å². The highest BCUT2D eigenvalue weighted by Crippen LogP contribution is 2.30. The van der Waals surface area contributed by atoms with Crippen molar-refractivity contribution in [2.75, 3.05) is 25.0 Å². The number of carbonyl (C=O) groups excluding carboxylic acids is 2. The number of benzene rings is 1. The van der Waals surface area contributed by atoms with Gasteiger partial charge in [-0.3, -0.25) is 9.59 Å². The van der Waals surface area contributed by atoms with Gasteiger partial charge in [-0.25, -0.2) is 0 Å². The van der Waals surface area contributed by atoms with Gasteiger partial charge in [0.25, 0.3) is 0 Å². The maximum atomic E-state index is 12.6. The van der Waals surface area contributed by atoms with Crippen LogP contribution in [0.2, 0.25) is 5.02 Å². The van der Waals surface area contributed by atoms with Crippen LogP contribution in [0.15, 0.2) is 24.3 Å². The average molecular weight is 346 g/mol. The Balaban J connectivity index is 0.00000242. The first-order chi connectivity index (χ1) is 9.97. The van der Waals surface area contributed by atoms with E-state index in [-0.39, 0.29) is 36.7 Å². The molecule has 1 saturated heterocycles. The molecule has 5 nitrogen and oxygen atoms in total. The summed E-state index contributed by atoms with van der Waals surface area (Å²) in [5.41, 5.74) is 6.22. The highest BCUT2D eigenvalue weighted by atomic mass is 35.5. The van der Waals surface area contributed by atoms with Crippen LogP contribution in [0.1, 0.15) is 13.3 Å². The average Bonchev–Trinajstić information content (AvgIpc) is 2.87. The molecule has 1 aromatic carbocycles. The number of likely N-dealkylation sites (N-methyl/N-ethyl adjacent to an activating group) is 1. The molecule has 7 heteroatoms. The second-order valence-corrected chi connectivity index (χ2v) is 5.74. The van der Waals surface area contributed by atoms with Crippen LogP contribution in [0.4, 0.5) is 5.69 Å². The molecule has 0 saturated carbocycles. The van der Waals surface area contributed by atoms with Crippen LogP contribution in [0.5, 0.6) is 0 Å². The maximum Gasteiger partial charge on any atom is 0.249 e. The number of nitrogens with two attached hydrogens (primary N) is 1. The minimum atomic E-state index is -0.442. The lowest BCUT2D eigenvalue weighted by Gasteiger charge is -2.26. The van der Waals surface area contributed by atoms with Crippen molar-refractivity contribution >= 4 is 41.5 Å². The SMILES string of the molecule is CC(CN)C(=O)N(C)C1CCN(c2ccccc2Cl)C1=O.Cl. The van der Waals surface area contributed by atoms with Crippen LogP contribution in [-0.4, -0.2) is 42.9 Å². The molecule has 0 aliphatic carbocycles. The Hall–Kier alpha value is -1.30. The molecule has 1 aliphatic heterocycles. The van der Waals surface area contributed by atoms with E-state index < -0.39 is 6.04 Å². The summed E-state index contributed by atoms with van der Waals surface area (Å²) in [5, 5.41) is 0.538. The second kappa shape index (κ2) is 7.81. The number of carbonyl (C=O) groups is 2. The van der Waals surface area contributed by atoms with Gasteiger partial charge in [-0.2, -0.15) is 0 Å². The number of para-hydroxylation sites is 1. The predicted molar refractivity (Wildman–Crippen MR) is 90.4 cm³/mol. The Bertz CT molecular complexity index is 553. The van der Waals surface area contributed by atoms with Crippen LogP contribution in [0.3, 0.4) is 0 Å². The van der Waals surface area contributed by atoms with Crippen molar-refractivity contribution in [1.29, 1.82) is 0 Å². The molecule has 1 aromatic rings. The molecule has 0 spiro atoms. The van der Waals surface area contributed by atoms with E-state index in [0.717, 1.165) is 0 Å². The molecule has 2 unspecified atom stereocenters. The fourth-order valence-corrected chi connectivity index (χ4v) is 2.77. The van der Waals surface area contributed by atoms with E-state index in [1.165, 1.54) is 4.90 Å². The molecule has 122 valence electrons. The van der Waals surface area contributed by atoms with Gasteiger partial charge in [-0.1, -0.05) is 30.7 Å². The van der Waals surface area contributed by atoms with Crippen LogP contribution in [-0.2, 0) is 9.59 Å². The Labute approximate surface area is 141 Å². The van der Waals surface area contributed by atoms with E-state index in [2.05, 4.69) is 0 Å². The van der Waals surface area contributed by atoms with E-state index in [0.29, 0.717) is 23.7 Å². The first kappa shape index (κ1) is 18.7. The lowest BCUT2D eigenvalue weighted by molar-refractivity contribution is -0.139. The molecule has 1 aliphatic rings. The van der Waals surface area contributed by atoms with E-state index >= 15 is 0 Å². The predicted octanol–water partition coefficient (Wildman–Crippen LogP) is 1.92. The summed E-state index contributed by atoms with van der Waals surface area (Å²) in [7, 11) is 1.66. The standard InChI is InChI=1S/C15H20ClN3O2.ClH/c1-10(9-17)14(20)18(2)13-7-8-19(15(13)21)12-6-4-3-5-11(12)16;/h3-6,10,13H,7-9,17H2,1-2H3;1H. The molecule has 0 radical (unpaired) electrons. The molecule has 2 rings (SSSR count). The van der Waals surface area contributed by atoms with Gasteiger partial charge in [0.15, 0.2) is 0 Å². The summed E-state index contributed by atoms with van der Waals surface area (Å²) in [6.45, 7) is 2.60. The van der Waals surface area contributed by atoms with Gasteiger partial charge >= 0.3 is 0 Å². The van der Waals surface area contributed by atoms with Gasteiger partial charge in [0.1, 0.15) is 6.04 Å². The molecule has 0 bridgehead atoms. The number of amides is 2. The molecule has 1 fully saturated rings. The van der Waals surface area contributed by atoms with E-state index in [9.17, 15) is 9.59 Å². The zero-order valence-electron chi connectivity index (χ0n) is 12.7. The molecule has 2 N–H and O–H groups in total. The lowest BCUT2D eigenvalue weighted by atomic mass is 10.1. The maximum absolute atomic E-state index is 12.6. The minimum Gasteiger partial charge on any atom is -0.333 e.